The minimum Gasteiger partial charge on any atom is -0.450 e. The van der Waals surface area contributed by atoms with Crippen LogP contribution >= 0.6 is 0 Å². The number of rotatable bonds is 8. The molecule has 0 unspecified atom stereocenters. The van der Waals surface area contributed by atoms with Gasteiger partial charge in [-0.3, -0.25) is 4.79 Å². The van der Waals surface area contributed by atoms with E-state index in [-0.39, 0.29) is 30.0 Å². The molecule has 31 heavy (non-hydrogen) atoms. The van der Waals surface area contributed by atoms with Gasteiger partial charge in [-0.2, -0.15) is 0 Å². The number of nitrogens with zero attached hydrogens (tertiary/aromatic N) is 4. The summed E-state index contributed by atoms with van der Waals surface area (Å²) in [5.41, 5.74) is 0.241. The summed E-state index contributed by atoms with van der Waals surface area (Å²) in [6, 6.07) is 0.208. The van der Waals surface area contributed by atoms with Crippen molar-refractivity contribution >= 4 is 18.0 Å². The predicted molar refractivity (Wildman–Crippen MR) is 123 cm³/mol. The number of piperidine rings is 1. The second-order valence-electron chi connectivity index (χ2n) is 9.36. The van der Waals surface area contributed by atoms with E-state index < -0.39 is 0 Å². The molecule has 0 spiro atoms. The van der Waals surface area contributed by atoms with Gasteiger partial charge in [0.15, 0.2) is 5.96 Å². The molecule has 2 fully saturated rings. The Morgan fingerprint density at radius 3 is 2.32 bits per heavy atom. The Bertz CT molecular complexity index is 608. The zero-order valence-corrected chi connectivity index (χ0v) is 20.1. The van der Waals surface area contributed by atoms with Gasteiger partial charge in [-0.25, -0.2) is 9.79 Å². The summed E-state index contributed by atoms with van der Waals surface area (Å²) in [4.78, 5) is 34.2. The number of likely N-dealkylation sites (N-methyl/N-ethyl adjacent to an activating group) is 1. The second-order valence-corrected chi connectivity index (χ2v) is 9.36. The average Bonchev–Trinajstić information content (AvgIpc) is 3.18. The number of aliphatic imine (C=N–C) groups is 1. The first-order chi connectivity index (χ1) is 14.7. The van der Waals surface area contributed by atoms with Crippen molar-refractivity contribution in [3.63, 3.8) is 0 Å². The number of carbonyl (C=O) groups excluding carboxylic acids is 2. The van der Waals surface area contributed by atoms with Crippen molar-refractivity contribution in [2.75, 3.05) is 67.5 Å². The van der Waals surface area contributed by atoms with Crippen LogP contribution in [0.15, 0.2) is 4.99 Å². The van der Waals surface area contributed by atoms with E-state index in [1.807, 2.05) is 6.92 Å². The molecule has 0 bridgehead atoms. The fraction of sp³-hybridized carbons (Fsp3) is 0.864. The van der Waals surface area contributed by atoms with Crippen LogP contribution in [0.2, 0.25) is 0 Å². The lowest BCUT2D eigenvalue weighted by atomic mass is 9.85. The fourth-order valence-corrected chi connectivity index (χ4v) is 4.51. The lowest BCUT2D eigenvalue weighted by Crippen LogP contribution is -2.52. The van der Waals surface area contributed by atoms with Gasteiger partial charge < -0.3 is 30.1 Å². The highest BCUT2D eigenvalue weighted by Gasteiger charge is 2.34. The topological polar surface area (TPSA) is 89.5 Å². The molecule has 0 aromatic rings. The molecule has 2 aliphatic rings. The van der Waals surface area contributed by atoms with Gasteiger partial charge in [0, 0.05) is 51.7 Å². The molecule has 1 saturated heterocycles. The summed E-state index contributed by atoms with van der Waals surface area (Å²) in [6.07, 6.45) is 6.35. The number of hydrogen-bond donors (Lipinski definition) is 2. The van der Waals surface area contributed by atoms with E-state index in [1.165, 1.54) is 25.7 Å². The van der Waals surface area contributed by atoms with Gasteiger partial charge >= 0.3 is 6.09 Å². The molecule has 9 heteroatoms. The van der Waals surface area contributed by atoms with Crippen LogP contribution in [0.3, 0.4) is 0 Å². The maximum absolute atomic E-state index is 12.1. The second kappa shape index (κ2) is 12.1. The largest absolute Gasteiger partial charge is 0.450 e. The quantitative estimate of drug-likeness (QED) is 0.439. The molecule has 0 aromatic carbocycles. The number of likely N-dealkylation sites (tertiary alicyclic amines) is 1. The summed E-state index contributed by atoms with van der Waals surface area (Å²) in [7, 11) is 7.74. The van der Waals surface area contributed by atoms with Gasteiger partial charge in [0.1, 0.15) is 6.54 Å². The van der Waals surface area contributed by atoms with Crippen LogP contribution in [0.25, 0.3) is 0 Å². The molecule has 0 radical (unpaired) electrons. The monoisotopic (exact) mass is 438 g/mol. The van der Waals surface area contributed by atoms with Crippen molar-refractivity contribution in [2.24, 2.45) is 10.4 Å². The Morgan fingerprint density at radius 1 is 1.13 bits per heavy atom. The molecule has 1 heterocycles. The molecule has 178 valence electrons. The summed E-state index contributed by atoms with van der Waals surface area (Å²) in [6.45, 7) is 5.53. The van der Waals surface area contributed by atoms with Crippen LogP contribution in [-0.4, -0.2) is 106 Å². The Morgan fingerprint density at radius 2 is 1.77 bits per heavy atom. The van der Waals surface area contributed by atoms with Gasteiger partial charge in [0.25, 0.3) is 0 Å². The van der Waals surface area contributed by atoms with E-state index in [1.54, 1.807) is 23.9 Å². The highest BCUT2D eigenvalue weighted by molar-refractivity contribution is 5.85. The Labute approximate surface area is 187 Å². The van der Waals surface area contributed by atoms with Gasteiger partial charge in [-0.15, -0.1) is 0 Å². The lowest BCUT2D eigenvalue weighted by molar-refractivity contribution is -0.127. The Kier molecular flexibility index (Phi) is 9.87. The highest BCUT2D eigenvalue weighted by Crippen LogP contribution is 2.37. The minimum atomic E-state index is -0.239. The third-order valence-corrected chi connectivity index (χ3v) is 6.18. The van der Waals surface area contributed by atoms with E-state index in [4.69, 9.17) is 4.74 Å². The van der Waals surface area contributed by atoms with E-state index >= 15 is 0 Å². The van der Waals surface area contributed by atoms with Crippen molar-refractivity contribution in [2.45, 2.75) is 51.5 Å². The van der Waals surface area contributed by atoms with E-state index in [0.717, 1.165) is 25.9 Å². The number of ether oxygens (including phenoxy) is 1. The molecular formula is C22H42N6O3. The van der Waals surface area contributed by atoms with Crippen molar-refractivity contribution in [1.29, 1.82) is 0 Å². The number of carbonyl (C=O) groups is 2. The molecule has 2 amide bonds. The average molecular weight is 439 g/mol. The number of hydrogen-bond acceptors (Lipinski definition) is 5. The third-order valence-electron chi connectivity index (χ3n) is 6.18. The minimum absolute atomic E-state index is 0.0258. The Balaban J connectivity index is 1.98. The zero-order chi connectivity index (χ0) is 22.9. The van der Waals surface area contributed by atoms with Crippen LogP contribution in [-0.2, 0) is 9.53 Å². The number of amides is 2. The maximum atomic E-state index is 12.1. The van der Waals surface area contributed by atoms with Crippen LogP contribution in [0, 0.1) is 5.41 Å². The van der Waals surface area contributed by atoms with Gasteiger partial charge in [0.05, 0.1) is 6.61 Å². The fourth-order valence-electron chi connectivity index (χ4n) is 4.51. The van der Waals surface area contributed by atoms with Crippen LogP contribution in [0.1, 0.15) is 45.4 Å². The molecule has 0 aromatic heterocycles. The standard InChI is InChI=1S/C22H42N6O3/c1-6-31-21(30)28-13-9-18(10-14-28)25-20(23-15-19(29)27(4)5)24-16-22(17-26(2)3)11-7-8-12-22/h18H,6-17H2,1-5H3,(H2,23,24,25). The highest BCUT2D eigenvalue weighted by atomic mass is 16.6. The molecule has 1 saturated carbocycles. The first kappa shape index (κ1) is 25.2. The maximum Gasteiger partial charge on any atom is 0.409 e. The van der Waals surface area contributed by atoms with Crippen molar-refractivity contribution < 1.29 is 14.3 Å². The first-order valence-electron chi connectivity index (χ1n) is 11.6. The summed E-state index contributed by atoms with van der Waals surface area (Å²) in [5.74, 6) is 0.664. The van der Waals surface area contributed by atoms with E-state index in [9.17, 15) is 9.59 Å². The van der Waals surface area contributed by atoms with Gasteiger partial charge in [-0.1, -0.05) is 12.8 Å². The van der Waals surface area contributed by atoms with Crippen LogP contribution in [0.4, 0.5) is 4.79 Å². The Hall–Kier alpha value is -2.03. The van der Waals surface area contributed by atoms with Gasteiger partial charge in [0.2, 0.25) is 5.91 Å². The predicted octanol–water partition coefficient (Wildman–Crippen LogP) is 1.35. The van der Waals surface area contributed by atoms with E-state index in [2.05, 4.69) is 34.6 Å². The SMILES string of the molecule is CCOC(=O)N1CCC(NC(=NCC(=O)N(C)C)NCC2(CN(C)C)CCCC2)CC1. The summed E-state index contributed by atoms with van der Waals surface area (Å²) >= 11 is 0. The number of nitrogens with one attached hydrogen (secondary N) is 2. The van der Waals surface area contributed by atoms with Gasteiger partial charge in [-0.05, 0) is 46.7 Å². The van der Waals surface area contributed by atoms with Crippen molar-refractivity contribution in [3.05, 3.63) is 0 Å². The molecule has 1 aliphatic carbocycles. The zero-order valence-electron chi connectivity index (χ0n) is 20.1. The summed E-state index contributed by atoms with van der Waals surface area (Å²) in [5, 5.41) is 7.05. The first-order valence-corrected chi connectivity index (χ1v) is 11.6. The van der Waals surface area contributed by atoms with Crippen molar-refractivity contribution in [3.8, 4) is 0 Å². The smallest absolute Gasteiger partial charge is 0.409 e. The molecule has 9 nitrogen and oxygen atoms in total. The summed E-state index contributed by atoms with van der Waals surface area (Å²) < 4.78 is 5.11. The number of guanidine groups is 1. The third kappa shape index (κ3) is 8.20. The molecular weight excluding hydrogens is 396 g/mol. The normalized spacial score (nSPS) is 19.4. The van der Waals surface area contributed by atoms with Crippen molar-refractivity contribution in [1.82, 2.24) is 25.3 Å². The molecule has 1 aliphatic heterocycles. The molecule has 2 N–H and O–H groups in total. The molecule has 2 rings (SSSR count). The lowest BCUT2D eigenvalue weighted by Gasteiger charge is -2.35. The van der Waals surface area contributed by atoms with E-state index in [0.29, 0.717) is 25.7 Å². The van der Waals surface area contributed by atoms with Crippen LogP contribution in [0.5, 0.6) is 0 Å². The molecule has 0 atom stereocenters. The van der Waals surface area contributed by atoms with Crippen LogP contribution < -0.4 is 10.6 Å².